The van der Waals surface area contributed by atoms with E-state index in [0.29, 0.717) is 13.2 Å². The fourth-order valence-corrected chi connectivity index (χ4v) is 4.32. The van der Waals surface area contributed by atoms with Crippen molar-refractivity contribution in [3.8, 4) is 11.5 Å². The molecule has 0 saturated carbocycles. The summed E-state index contributed by atoms with van der Waals surface area (Å²) in [5, 5.41) is 0. The van der Waals surface area contributed by atoms with Crippen LogP contribution in [0.4, 0.5) is 0 Å². The van der Waals surface area contributed by atoms with Crippen molar-refractivity contribution < 1.29 is 9.47 Å². The van der Waals surface area contributed by atoms with E-state index in [0.717, 1.165) is 30.7 Å². The number of thiophene rings is 1. The summed E-state index contributed by atoms with van der Waals surface area (Å²) < 4.78 is 12.9. The Morgan fingerprint density at radius 2 is 1.81 bits per heavy atom. The van der Waals surface area contributed by atoms with E-state index in [1.54, 1.807) is 11.3 Å². The molecule has 1 unspecified atom stereocenters. The maximum atomic E-state index is 6.11. The van der Waals surface area contributed by atoms with Gasteiger partial charge in [-0.1, -0.05) is 33.6 Å². The van der Waals surface area contributed by atoms with Crippen LogP contribution in [0.5, 0.6) is 11.5 Å². The van der Waals surface area contributed by atoms with Crippen molar-refractivity contribution in [2.45, 2.75) is 18.7 Å². The van der Waals surface area contributed by atoms with Crippen LogP contribution in [0.15, 0.2) is 28.7 Å². The molecule has 0 saturated heterocycles. The van der Waals surface area contributed by atoms with E-state index in [1.807, 2.05) is 38.1 Å². The molecule has 0 spiro atoms. The molecule has 114 valence electrons. The fourth-order valence-electron chi connectivity index (χ4n) is 1.88. The molecule has 2 rings (SSSR count). The van der Waals surface area contributed by atoms with Crippen molar-refractivity contribution in [1.82, 2.24) is 0 Å². The molecule has 0 radical (unpaired) electrons. The molecule has 6 heteroatoms. The molecule has 0 aliphatic rings. The molecule has 1 atom stereocenters. The van der Waals surface area contributed by atoms with Gasteiger partial charge in [-0.3, -0.25) is 0 Å². The van der Waals surface area contributed by atoms with Gasteiger partial charge < -0.3 is 9.47 Å². The van der Waals surface area contributed by atoms with E-state index in [9.17, 15) is 0 Å². The minimum absolute atomic E-state index is 0.0705. The molecule has 1 aromatic heterocycles. The lowest BCUT2D eigenvalue weighted by Gasteiger charge is -2.14. The van der Waals surface area contributed by atoms with E-state index in [4.69, 9.17) is 21.1 Å². The summed E-state index contributed by atoms with van der Waals surface area (Å²) in [6.45, 7) is 5.14. The van der Waals surface area contributed by atoms with Crippen LogP contribution in [0.3, 0.4) is 0 Å². The van der Waals surface area contributed by atoms with Crippen LogP contribution in [0, 0.1) is 0 Å². The second-order valence-electron chi connectivity index (χ2n) is 4.21. The van der Waals surface area contributed by atoms with E-state index in [2.05, 4.69) is 31.9 Å². The lowest BCUT2D eigenvalue weighted by molar-refractivity contribution is 0.287. The summed E-state index contributed by atoms with van der Waals surface area (Å²) >= 11 is 14.8. The zero-order chi connectivity index (χ0) is 15.4. The lowest BCUT2D eigenvalue weighted by atomic mass is 10.1. The number of halogens is 3. The predicted molar refractivity (Wildman–Crippen MR) is 96.6 cm³/mol. The topological polar surface area (TPSA) is 18.5 Å². The molecular formula is C15H15Br2ClO2S. The molecule has 0 bridgehead atoms. The van der Waals surface area contributed by atoms with E-state index < -0.39 is 0 Å². The predicted octanol–water partition coefficient (Wildman–Crippen LogP) is 6.45. The van der Waals surface area contributed by atoms with Crippen molar-refractivity contribution in [3.05, 3.63) is 43.5 Å². The van der Waals surface area contributed by atoms with Gasteiger partial charge in [-0.15, -0.1) is 11.3 Å². The van der Waals surface area contributed by atoms with E-state index in [-0.39, 0.29) is 4.83 Å². The Morgan fingerprint density at radius 3 is 2.38 bits per heavy atom. The summed E-state index contributed by atoms with van der Waals surface area (Å²) in [6, 6.07) is 8.02. The van der Waals surface area contributed by atoms with Crippen LogP contribution >= 0.6 is 54.8 Å². The Hall–Kier alpha value is -0.230. The van der Waals surface area contributed by atoms with Gasteiger partial charge >= 0.3 is 0 Å². The van der Waals surface area contributed by atoms with Crippen LogP contribution in [-0.2, 0) is 0 Å². The van der Waals surface area contributed by atoms with Crippen LogP contribution in [-0.4, -0.2) is 13.2 Å². The number of rotatable bonds is 6. The van der Waals surface area contributed by atoms with Gasteiger partial charge in [-0.2, -0.15) is 0 Å². The number of alkyl halides is 1. The SMILES string of the molecule is CCOc1ccc(C(Br)c2cc(Br)c(Cl)s2)cc1OCC. The quantitative estimate of drug-likeness (QED) is 0.467. The largest absolute Gasteiger partial charge is 0.490 e. The highest BCUT2D eigenvalue weighted by molar-refractivity contribution is 9.10. The van der Waals surface area contributed by atoms with Crippen LogP contribution in [0.2, 0.25) is 4.34 Å². The van der Waals surface area contributed by atoms with Crippen LogP contribution in [0.25, 0.3) is 0 Å². The molecule has 2 aromatic rings. The van der Waals surface area contributed by atoms with Gasteiger partial charge in [-0.05, 0) is 53.5 Å². The van der Waals surface area contributed by atoms with Gasteiger partial charge in [-0.25, -0.2) is 0 Å². The van der Waals surface area contributed by atoms with Gasteiger partial charge in [0, 0.05) is 9.35 Å². The molecule has 21 heavy (non-hydrogen) atoms. The van der Waals surface area contributed by atoms with Crippen molar-refractivity contribution in [3.63, 3.8) is 0 Å². The zero-order valence-electron chi connectivity index (χ0n) is 11.7. The Morgan fingerprint density at radius 1 is 1.14 bits per heavy atom. The smallest absolute Gasteiger partial charge is 0.161 e. The summed E-state index contributed by atoms with van der Waals surface area (Å²) in [7, 11) is 0. The standard InChI is InChI=1S/C15H15Br2ClO2S/c1-3-19-11-6-5-9(7-12(11)20-4-2)14(17)13-8-10(16)15(18)21-13/h5-8,14H,3-4H2,1-2H3. The summed E-state index contributed by atoms with van der Waals surface area (Å²) in [5.41, 5.74) is 1.10. The Balaban J connectivity index is 2.32. The average Bonchev–Trinajstić information content (AvgIpc) is 2.80. The maximum absolute atomic E-state index is 6.11. The summed E-state index contributed by atoms with van der Waals surface area (Å²) in [6.07, 6.45) is 0. The Labute approximate surface area is 150 Å². The van der Waals surface area contributed by atoms with Crippen LogP contribution in [0.1, 0.15) is 29.1 Å². The Kier molecular flexibility index (Phi) is 6.41. The zero-order valence-corrected chi connectivity index (χ0v) is 16.4. The molecule has 1 heterocycles. The first-order valence-corrected chi connectivity index (χ1v) is 9.45. The number of hydrogen-bond acceptors (Lipinski definition) is 3. The second-order valence-corrected chi connectivity index (χ2v) is 7.66. The highest BCUT2D eigenvalue weighted by Gasteiger charge is 2.17. The van der Waals surface area contributed by atoms with Crippen molar-refractivity contribution in [2.24, 2.45) is 0 Å². The molecule has 0 amide bonds. The molecule has 0 aliphatic carbocycles. The molecule has 0 N–H and O–H groups in total. The average molecular weight is 455 g/mol. The number of ether oxygens (including phenoxy) is 2. The number of benzene rings is 1. The van der Waals surface area contributed by atoms with E-state index >= 15 is 0 Å². The molecule has 1 aromatic carbocycles. The second kappa shape index (κ2) is 7.86. The number of hydrogen-bond donors (Lipinski definition) is 0. The molecule has 0 fully saturated rings. The van der Waals surface area contributed by atoms with Crippen LogP contribution < -0.4 is 9.47 Å². The lowest BCUT2D eigenvalue weighted by Crippen LogP contribution is -2.00. The maximum Gasteiger partial charge on any atom is 0.161 e. The van der Waals surface area contributed by atoms with Crippen molar-refractivity contribution in [2.75, 3.05) is 13.2 Å². The highest BCUT2D eigenvalue weighted by atomic mass is 79.9. The minimum atomic E-state index is 0.0705. The first-order chi connectivity index (χ1) is 10.1. The fraction of sp³-hybridized carbons (Fsp3) is 0.333. The third-order valence-corrected chi connectivity index (χ3v) is 6.64. The first kappa shape index (κ1) is 17.1. The summed E-state index contributed by atoms with van der Waals surface area (Å²) in [4.78, 5) is 1.21. The molecule has 2 nitrogen and oxygen atoms in total. The Bertz CT molecular complexity index is 596. The minimum Gasteiger partial charge on any atom is -0.490 e. The van der Waals surface area contributed by atoms with Gasteiger partial charge in [0.15, 0.2) is 11.5 Å². The van der Waals surface area contributed by atoms with Gasteiger partial charge in [0.1, 0.15) is 4.34 Å². The van der Waals surface area contributed by atoms with Crippen molar-refractivity contribution in [1.29, 1.82) is 0 Å². The third-order valence-electron chi connectivity index (χ3n) is 2.77. The third kappa shape index (κ3) is 4.15. The van der Waals surface area contributed by atoms with Crippen molar-refractivity contribution >= 4 is 54.8 Å². The van der Waals surface area contributed by atoms with Gasteiger partial charge in [0.25, 0.3) is 0 Å². The highest BCUT2D eigenvalue weighted by Crippen LogP contribution is 2.43. The first-order valence-electron chi connectivity index (χ1n) is 6.55. The van der Waals surface area contributed by atoms with E-state index in [1.165, 1.54) is 0 Å². The monoisotopic (exact) mass is 452 g/mol. The van der Waals surface area contributed by atoms with Gasteiger partial charge in [0.2, 0.25) is 0 Å². The van der Waals surface area contributed by atoms with Gasteiger partial charge in [0.05, 0.1) is 18.0 Å². The normalized spacial score (nSPS) is 12.2. The summed E-state index contributed by atoms with van der Waals surface area (Å²) in [5.74, 6) is 1.54. The molecular weight excluding hydrogens is 439 g/mol. The molecule has 0 aliphatic heterocycles.